The quantitative estimate of drug-likeness (QED) is 0.428. The number of aromatic nitrogens is 2. The molecule has 0 saturated carbocycles. The number of hydrogen-bond acceptors (Lipinski definition) is 5. The average Bonchev–Trinajstić information content (AvgIpc) is 2.77. The lowest BCUT2D eigenvalue weighted by molar-refractivity contribution is 0.632. The molecule has 4 aromatic rings. The summed E-state index contributed by atoms with van der Waals surface area (Å²) in [6.07, 6.45) is 1.40. The van der Waals surface area contributed by atoms with E-state index in [9.17, 15) is 4.39 Å². The second-order valence-electron chi connectivity index (χ2n) is 6.49. The minimum atomic E-state index is -0.383. The molecule has 3 aromatic carbocycles. The third-order valence-corrected chi connectivity index (χ3v) is 4.56. The lowest BCUT2D eigenvalue weighted by atomic mass is 9.99. The molecule has 0 fully saturated rings. The molecule has 0 aliphatic carbocycles. The molecule has 0 radical (unpaired) electrons. The summed E-state index contributed by atoms with van der Waals surface area (Å²) in [5.41, 5.74) is 9.06. The molecule has 5 nitrogen and oxygen atoms in total. The van der Waals surface area contributed by atoms with Crippen molar-refractivity contribution >= 4 is 23.0 Å². The zero-order chi connectivity index (χ0) is 20.1. The Morgan fingerprint density at radius 1 is 0.724 bits per heavy atom. The molecule has 1 aromatic heterocycles. The van der Waals surface area contributed by atoms with E-state index in [-0.39, 0.29) is 11.9 Å². The van der Waals surface area contributed by atoms with Gasteiger partial charge < -0.3 is 16.4 Å². The van der Waals surface area contributed by atoms with Gasteiger partial charge in [0.05, 0.1) is 11.7 Å². The number of rotatable bonds is 6. The third-order valence-electron chi connectivity index (χ3n) is 4.56. The van der Waals surface area contributed by atoms with Crippen LogP contribution in [0.5, 0.6) is 0 Å². The van der Waals surface area contributed by atoms with Crippen LogP contribution < -0.4 is 16.4 Å². The van der Waals surface area contributed by atoms with Crippen LogP contribution in [0.1, 0.15) is 17.2 Å². The number of nitrogens with two attached hydrogens (primary N) is 1. The van der Waals surface area contributed by atoms with E-state index in [4.69, 9.17) is 5.73 Å². The van der Waals surface area contributed by atoms with E-state index in [1.807, 2.05) is 60.7 Å². The van der Waals surface area contributed by atoms with Crippen molar-refractivity contribution in [1.82, 2.24) is 9.97 Å². The van der Waals surface area contributed by atoms with Gasteiger partial charge in [0.1, 0.15) is 17.8 Å². The number of nitrogens with zero attached hydrogens (tertiary/aromatic N) is 2. The van der Waals surface area contributed by atoms with Crippen molar-refractivity contribution in [3.8, 4) is 0 Å². The molecule has 0 aliphatic heterocycles. The van der Waals surface area contributed by atoms with E-state index in [1.165, 1.54) is 12.4 Å². The van der Waals surface area contributed by atoms with Crippen LogP contribution in [0.25, 0.3) is 0 Å². The van der Waals surface area contributed by atoms with E-state index in [0.717, 1.165) is 11.1 Å². The topological polar surface area (TPSA) is 75.9 Å². The Kier molecular flexibility index (Phi) is 5.33. The lowest BCUT2D eigenvalue weighted by Gasteiger charge is -2.22. The van der Waals surface area contributed by atoms with Gasteiger partial charge in [0.15, 0.2) is 11.6 Å². The van der Waals surface area contributed by atoms with Gasteiger partial charge in [-0.2, -0.15) is 0 Å². The van der Waals surface area contributed by atoms with Crippen LogP contribution in [-0.4, -0.2) is 9.97 Å². The maximum Gasteiger partial charge on any atom is 0.159 e. The molecule has 6 heteroatoms. The van der Waals surface area contributed by atoms with Gasteiger partial charge in [0, 0.05) is 0 Å². The zero-order valence-corrected chi connectivity index (χ0v) is 15.6. The molecule has 0 spiro atoms. The van der Waals surface area contributed by atoms with Gasteiger partial charge in [-0.05, 0) is 23.3 Å². The summed E-state index contributed by atoms with van der Waals surface area (Å²) in [7, 11) is 0. The number of nitrogen functional groups attached to an aromatic ring is 1. The van der Waals surface area contributed by atoms with E-state index in [2.05, 4.69) is 20.6 Å². The second kappa shape index (κ2) is 8.39. The number of anilines is 4. The van der Waals surface area contributed by atoms with Crippen LogP contribution >= 0.6 is 0 Å². The summed E-state index contributed by atoms with van der Waals surface area (Å²) < 4.78 is 14.0. The van der Waals surface area contributed by atoms with Crippen molar-refractivity contribution in [2.75, 3.05) is 16.4 Å². The van der Waals surface area contributed by atoms with Gasteiger partial charge in [-0.3, -0.25) is 0 Å². The van der Waals surface area contributed by atoms with Crippen molar-refractivity contribution in [1.29, 1.82) is 0 Å². The molecule has 0 amide bonds. The fourth-order valence-electron chi connectivity index (χ4n) is 3.09. The van der Waals surface area contributed by atoms with E-state index >= 15 is 0 Å². The van der Waals surface area contributed by atoms with E-state index in [0.29, 0.717) is 23.0 Å². The number of hydrogen-bond donors (Lipinski definition) is 3. The normalized spacial score (nSPS) is 10.7. The first-order chi connectivity index (χ1) is 14.2. The Bertz CT molecular complexity index is 1050. The Hall–Kier alpha value is -3.93. The number of para-hydroxylation sites is 1. The molecular formula is C23H20FN5. The molecule has 4 rings (SSSR count). The third kappa shape index (κ3) is 4.16. The first-order valence-corrected chi connectivity index (χ1v) is 9.21. The molecule has 0 bridgehead atoms. The largest absolute Gasteiger partial charge is 0.393 e. The predicted molar refractivity (Wildman–Crippen MR) is 114 cm³/mol. The smallest absolute Gasteiger partial charge is 0.159 e. The van der Waals surface area contributed by atoms with Crippen molar-refractivity contribution in [2.24, 2.45) is 0 Å². The van der Waals surface area contributed by atoms with Crippen molar-refractivity contribution in [3.05, 3.63) is 108 Å². The first-order valence-electron chi connectivity index (χ1n) is 9.21. The monoisotopic (exact) mass is 385 g/mol. The summed E-state index contributed by atoms with van der Waals surface area (Å²) in [6, 6.07) is 26.3. The van der Waals surface area contributed by atoms with Crippen LogP contribution in [0.15, 0.2) is 91.3 Å². The van der Waals surface area contributed by atoms with Crippen LogP contribution in [0.2, 0.25) is 0 Å². The average molecular weight is 385 g/mol. The van der Waals surface area contributed by atoms with Crippen LogP contribution in [0, 0.1) is 5.82 Å². The maximum atomic E-state index is 14.0. The fraction of sp³-hybridized carbons (Fsp3) is 0.0435. The Labute approximate surface area is 168 Å². The fourth-order valence-corrected chi connectivity index (χ4v) is 3.09. The van der Waals surface area contributed by atoms with Crippen molar-refractivity contribution in [3.63, 3.8) is 0 Å². The molecule has 29 heavy (non-hydrogen) atoms. The highest BCUT2D eigenvalue weighted by atomic mass is 19.1. The minimum absolute atomic E-state index is 0.157. The highest BCUT2D eigenvalue weighted by molar-refractivity contribution is 5.78. The SMILES string of the molecule is Nc1c(Nc2ccccc2F)ncnc1NC(c1ccccc1)c1ccccc1. The number of nitrogens with one attached hydrogen (secondary N) is 2. The molecule has 0 atom stereocenters. The Morgan fingerprint density at radius 2 is 1.28 bits per heavy atom. The number of halogens is 1. The summed E-state index contributed by atoms with van der Waals surface area (Å²) in [5, 5.41) is 6.35. The van der Waals surface area contributed by atoms with Gasteiger partial charge in [-0.25, -0.2) is 14.4 Å². The first kappa shape index (κ1) is 18.4. The highest BCUT2D eigenvalue weighted by Gasteiger charge is 2.17. The van der Waals surface area contributed by atoms with Gasteiger partial charge in [-0.15, -0.1) is 0 Å². The molecule has 0 saturated heterocycles. The van der Waals surface area contributed by atoms with Crippen LogP contribution in [0.3, 0.4) is 0 Å². The summed E-state index contributed by atoms with van der Waals surface area (Å²) in [6.45, 7) is 0. The van der Waals surface area contributed by atoms with Crippen molar-refractivity contribution < 1.29 is 4.39 Å². The minimum Gasteiger partial charge on any atom is -0.393 e. The lowest BCUT2D eigenvalue weighted by Crippen LogP contribution is -2.15. The maximum absolute atomic E-state index is 14.0. The van der Waals surface area contributed by atoms with Gasteiger partial charge >= 0.3 is 0 Å². The molecule has 1 heterocycles. The summed E-state index contributed by atoms with van der Waals surface area (Å²) >= 11 is 0. The molecule has 144 valence electrons. The molecule has 0 aliphatic rings. The van der Waals surface area contributed by atoms with Crippen LogP contribution in [0.4, 0.5) is 27.4 Å². The highest BCUT2D eigenvalue weighted by Crippen LogP contribution is 2.32. The standard InChI is InChI=1S/C23H20FN5/c24-18-13-7-8-14-19(18)28-22-20(25)23(27-15-26-22)29-21(16-9-3-1-4-10-16)17-11-5-2-6-12-17/h1-15,21H,25H2,(H2,26,27,28,29). The Balaban J connectivity index is 1.67. The number of benzene rings is 3. The van der Waals surface area contributed by atoms with E-state index < -0.39 is 0 Å². The predicted octanol–water partition coefficient (Wildman–Crippen LogP) is 5.14. The molecule has 4 N–H and O–H groups in total. The molecule has 0 unspecified atom stereocenters. The van der Waals surface area contributed by atoms with E-state index in [1.54, 1.807) is 18.2 Å². The Morgan fingerprint density at radius 3 is 1.90 bits per heavy atom. The van der Waals surface area contributed by atoms with Gasteiger partial charge in [-0.1, -0.05) is 72.8 Å². The zero-order valence-electron chi connectivity index (χ0n) is 15.6. The van der Waals surface area contributed by atoms with Gasteiger partial charge in [0.25, 0.3) is 0 Å². The second-order valence-corrected chi connectivity index (χ2v) is 6.49. The van der Waals surface area contributed by atoms with Crippen molar-refractivity contribution in [2.45, 2.75) is 6.04 Å². The molecular weight excluding hydrogens is 365 g/mol. The van der Waals surface area contributed by atoms with Crippen LogP contribution in [-0.2, 0) is 0 Å². The van der Waals surface area contributed by atoms with Gasteiger partial charge in [0.2, 0.25) is 0 Å². The summed E-state index contributed by atoms with van der Waals surface area (Å²) in [5.74, 6) is 0.426. The summed E-state index contributed by atoms with van der Waals surface area (Å²) in [4.78, 5) is 8.49.